The number of halogens is 1. The summed E-state index contributed by atoms with van der Waals surface area (Å²) < 4.78 is 14.2. The molecule has 0 unspecified atom stereocenters. The van der Waals surface area contributed by atoms with Gasteiger partial charge in [0.05, 0.1) is 5.41 Å². The van der Waals surface area contributed by atoms with Crippen molar-refractivity contribution in [1.82, 2.24) is 4.57 Å². The molecule has 184 valence electrons. The fraction of sp³-hybridized carbons (Fsp3) is 0.233. The van der Waals surface area contributed by atoms with Crippen molar-refractivity contribution in [1.29, 1.82) is 0 Å². The summed E-state index contributed by atoms with van der Waals surface area (Å²) in [6.45, 7) is 6.52. The van der Waals surface area contributed by atoms with Crippen molar-refractivity contribution in [2.24, 2.45) is 5.41 Å². The number of aliphatic carboxylic acids is 1. The SMILES string of the molecule is Cc1c(CC(C)(C)C(=O)O)n(Cc2ccc(Cl)cc2)c2ccc(OCc3cc4ccccc4o3)cc12. The van der Waals surface area contributed by atoms with Crippen LogP contribution in [0.15, 0.2) is 77.2 Å². The molecular formula is C30H28ClNO4. The molecule has 0 radical (unpaired) electrons. The van der Waals surface area contributed by atoms with E-state index in [0.717, 1.165) is 50.2 Å². The Morgan fingerprint density at radius 2 is 1.81 bits per heavy atom. The Balaban J connectivity index is 1.50. The molecule has 0 saturated heterocycles. The lowest BCUT2D eigenvalue weighted by molar-refractivity contribution is -0.146. The lowest BCUT2D eigenvalue weighted by Crippen LogP contribution is -2.27. The van der Waals surface area contributed by atoms with Gasteiger partial charge in [0.15, 0.2) is 0 Å². The first-order chi connectivity index (χ1) is 17.2. The van der Waals surface area contributed by atoms with E-state index in [1.54, 1.807) is 13.8 Å². The summed E-state index contributed by atoms with van der Waals surface area (Å²) in [4.78, 5) is 11.9. The van der Waals surface area contributed by atoms with Crippen LogP contribution in [0.4, 0.5) is 0 Å². The van der Waals surface area contributed by atoms with Crippen molar-refractivity contribution in [3.05, 3.63) is 100 Å². The van der Waals surface area contributed by atoms with E-state index in [2.05, 4.69) is 11.5 Å². The number of benzene rings is 3. The smallest absolute Gasteiger partial charge is 0.309 e. The number of carbonyl (C=O) groups is 1. The van der Waals surface area contributed by atoms with Crippen molar-refractivity contribution < 1.29 is 19.1 Å². The minimum Gasteiger partial charge on any atom is -0.486 e. The maximum absolute atomic E-state index is 11.9. The molecule has 0 fully saturated rings. The average molecular weight is 502 g/mol. The number of furan rings is 1. The van der Waals surface area contributed by atoms with Crippen LogP contribution in [-0.4, -0.2) is 15.6 Å². The number of nitrogens with zero attached hydrogens (tertiary/aromatic N) is 1. The highest BCUT2D eigenvalue weighted by molar-refractivity contribution is 6.30. The molecule has 0 aliphatic rings. The Bertz CT molecular complexity index is 1530. The molecule has 5 nitrogen and oxygen atoms in total. The van der Waals surface area contributed by atoms with Gasteiger partial charge in [-0.1, -0.05) is 41.9 Å². The van der Waals surface area contributed by atoms with Crippen LogP contribution >= 0.6 is 11.6 Å². The fourth-order valence-corrected chi connectivity index (χ4v) is 4.71. The van der Waals surface area contributed by atoms with E-state index in [9.17, 15) is 9.90 Å². The minimum absolute atomic E-state index is 0.323. The summed E-state index contributed by atoms with van der Waals surface area (Å²) in [5.74, 6) is 0.677. The highest BCUT2D eigenvalue weighted by atomic mass is 35.5. The van der Waals surface area contributed by atoms with Gasteiger partial charge in [-0.05, 0) is 74.4 Å². The number of carboxylic acids is 1. The molecule has 36 heavy (non-hydrogen) atoms. The average Bonchev–Trinajstić information content (AvgIpc) is 3.38. The lowest BCUT2D eigenvalue weighted by atomic mass is 9.87. The van der Waals surface area contributed by atoms with E-state index in [1.165, 1.54) is 0 Å². The molecule has 6 heteroatoms. The van der Waals surface area contributed by atoms with Crippen LogP contribution in [0.5, 0.6) is 5.75 Å². The second-order valence-electron chi connectivity index (χ2n) is 9.87. The van der Waals surface area contributed by atoms with Crippen LogP contribution in [0.25, 0.3) is 21.9 Å². The maximum Gasteiger partial charge on any atom is 0.309 e. The first kappa shape index (κ1) is 24.0. The second kappa shape index (κ2) is 9.40. The van der Waals surface area contributed by atoms with E-state index in [0.29, 0.717) is 24.6 Å². The summed E-state index contributed by atoms with van der Waals surface area (Å²) in [6.07, 6.45) is 0.408. The van der Waals surface area contributed by atoms with Gasteiger partial charge < -0.3 is 18.8 Å². The predicted molar refractivity (Wildman–Crippen MR) is 143 cm³/mol. The van der Waals surface area contributed by atoms with Gasteiger partial charge in [0.25, 0.3) is 0 Å². The number of fused-ring (bicyclic) bond motifs is 2. The van der Waals surface area contributed by atoms with Gasteiger partial charge >= 0.3 is 5.97 Å². The van der Waals surface area contributed by atoms with Crippen LogP contribution < -0.4 is 4.74 Å². The zero-order chi connectivity index (χ0) is 25.4. The quantitative estimate of drug-likeness (QED) is 0.237. The number of hydrogen-bond donors (Lipinski definition) is 1. The molecule has 0 bridgehead atoms. The van der Waals surface area contributed by atoms with Crippen molar-refractivity contribution in [3.8, 4) is 5.75 Å². The van der Waals surface area contributed by atoms with Gasteiger partial charge in [-0.3, -0.25) is 4.79 Å². The maximum atomic E-state index is 11.9. The topological polar surface area (TPSA) is 64.6 Å². The highest BCUT2D eigenvalue weighted by Gasteiger charge is 2.30. The third-order valence-corrected chi connectivity index (χ3v) is 6.97. The molecule has 5 aromatic rings. The summed E-state index contributed by atoms with van der Waals surface area (Å²) in [5.41, 5.74) is 4.12. The first-order valence-electron chi connectivity index (χ1n) is 11.9. The van der Waals surface area contributed by atoms with Crippen molar-refractivity contribution >= 4 is 39.4 Å². The van der Waals surface area contributed by atoms with Crippen LogP contribution in [0.3, 0.4) is 0 Å². The van der Waals surface area contributed by atoms with Crippen molar-refractivity contribution in [2.75, 3.05) is 0 Å². The van der Waals surface area contributed by atoms with Gasteiger partial charge in [0.2, 0.25) is 0 Å². The summed E-state index contributed by atoms with van der Waals surface area (Å²) in [5, 5.41) is 12.6. The van der Waals surface area contributed by atoms with Crippen LogP contribution in [0.1, 0.15) is 36.4 Å². The predicted octanol–water partition coefficient (Wildman–Crippen LogP) is 7.63. The number of carboxylic acid groups (broad SMARTS) is 1. The molecular weight excluding hydrogens is 474 g/mol. The van der Waals surface area contributed by atoms with Crippen LogP contribution in [0.2, 0.25) is 5.02 Å². The molecule has 5 rings (SSSR count). The van der Waals surface area contributed by atoms with E-state index >= 15 is 0 Å². The Kier molecular flexibility index (Phi) is 6.27. The normalized spacial score (nSPS) is 11.9. The van der Waals surface area contributed by atoms with Gasteiger partial charge in [-0.2, -0.15) is 0 Å². The van der Waals surface area contributed by atoms with Gasteiger partial charge in [-0.15, -0.1) is 0 Å². The molecule has 3 aromatic carbocycles. The van der Waals surface area contributed by atoms with Crippen LogP contribution in [-0.2, 0) is 24.4 Å². The monoisotopic (exact) mass is 501 g/mol. The third kappa shape index (κ3) is 4.71. The third-order valence-electron chi connectivity index (χ3n) is 6.72. The molecule has 0 aliphatic heterocycles. The molecule has 0 amide bonds. The van der Waals surface area contributed by atoms with Crippen molar-refractivity contribution in [3.63, 3.8) is 0 Å². The molecule has 0 spiro atoms. The molecule has 2 heterocycles. The van der Waals surface area contributed by atoms with Gasteiger partial charge in [0, 0.05) is 40.0 Å². The molecule has 0 aliphatic carbocycles. The van der Waals surface area contributed by atoms with E-state index in [4.69, 9.17) is 20.8 Å². The molecule has 2 aromatic heterocycles. The summed E-state index contributed by atoms with van der Waals surface area (Å²) in [7, 11) is 0. The Morgan fingerprint density at radius 1 is 1.06 bits per heavy atom. The van der Waals surface area contributed by atoms with Gasteiger partial charge in [0.1, 0.15) is 23.7 Å². The zero-order valence-electron chi connectivity index (χ0n) is 20.5. The first-order valence-corrected chi connectivity index (χ1v) is 12.3. The summed E-state index contributed by atoms with van der Waals surface area (Å²) >= 11 is 6.09. The number of hydrogen-bond acceptors (Lipinski definition) is 3. The van der Waals surface area contributed by atoms with E-state index < -0.39 is 11.4 Å². The number of aromatic nitrogens is 1. The fourth-order valence-electron chi connectivity index (χ4n) is 4.58. The zero-order valence-corrected chi connectivity index (χ0v) is 21.3. The molecule has 1 N–H and O–H groups in total. The van der Waals surface area contributed by atoms with Crippen molar-refractivity contribution in [2.45, 2.75) is 40.3 Å². The van der Waals surface area contributed by atoms with Crippen LogP contribution in [0, 0.1) is 12.3 Å². The Morgan fingerprint density at radius 3 is 2.53 bits per heavy atom. The highest BCUT2D eigenvalue weighted by Crippen LogP contribution is 2.34. The Labute approximate surface area is 214 Å². The lowest BCUT2D eigenvalue weighted by Gasteiger charge is -2.21. The minimum atomic E-state index is -0.905. The second-order valence-corrected chi connectivity index (χ2v) is 10.3. The largest absolute Gasteiger partial charge is 0.486 e. The van der Waals surface area contributed by atoms with Gasteiger partial charge in [-0.25, -0.2) is 0 Å². The molecule has 0 saturated carbocycles. The molecule has 0 atom stereocenters. The number of aryl methyl sites for hydroxylation is 1. The van der Waals surface area contributed by atoms with E-state index in [1.807, 2.05) is 72.8 Å². The summed E-state index contributed by atoms with van der Waals surface area (Å²) in [6, 6.07) is 23.7. The number of para-hydroxylation sites is 1. The van der Waals surface area contributed by atoms with E-state index in [-0.39, 0.29) is 0 Å². The Hall–Kier alpha value is -3.70. The standard InChI is InChI=1S/C30H28ClNO4/c1-19-25-15-23(35-18-24-14-21-6-4-5-7-28(21)36-24)12-13-26(25)32(17-20-8-10-22(31)11-9-20)27(19)16-30(2,3)29(33)34/h4-15H,16-18H2,1-3H3,(H,33,34). The number of ether oxygens (including phenoxy) is 1. The number of rotatable bonds is 8.